The van der Waals surface area contributed by atoms with Crippen LogP contribution in [0.2, 0.25) is 0 Å². The van der Waals surface area contributed by atoms with Gasteiger partial charge in [0.25, 0.3) is 0 Å². The van der Waals surface area contributed by atoms with Crippen molar-refractivity contribution in [3.63, 3.8) is 0 Å². The number of ether oxygens (including phenoxy) is 1. The molecule has 2 nitrogen and oxygen atoms in total. The van der Waals surface area contributed by atoms with Gasteiger partial charge in [0.15, 0.2) is 0 Å². The number of rotatable bonds is 5. The van der Waals surface area contributed by atoms with Crippen molar-refractivity contribution in [1.82, 2.24) is 5.32 Å². The van der Waals surface area contributed by atoms with Crippen LogP contribution in [0.1, 0.15) is 18.1 Å². The molecule has 0 radical (unpaired) electrons. The Morgan fingerprint density at radius 2 is 2.38 bits per heavy atom. The maximum atomic E-state index is 5.73. The third-order valence-electron chi connectivity index (χ3n) is 2.89. The first-order valence-corrected chi connectivity index (χ1v) is 6.37. The summed E-state index contributed by atoms with van der Waals surface area (Å²) >= 11 is 5.73. The summed E-state index contributed by atoms with van der Waals surface area (Å²) in [6.45, 7) is 3.91. The zero-order valence-corrected chi connectivity index (χ0v) is 10.4. The Labute approximate surface area is 102 Å². The van der Waals surface area contributed by atoms with E-state index >= 15 is 0 Å². The molecule has 0 saturated carbocycles. The topological polar surface area (TPSA) is 21.3 Å². The Morgan fingerprint density at radius 1 is 1.50 bits per heavy atom. The van der Waals surface area contributed by atoms with Crippen LogP contribution >= 0.6 is 11.6 Å². The fourth-order valence-corrected chi connectivity index (χ4v) is 2.02. The number of nitrogens with one attached hydrogen (secondary N) is 1. The van der Waals surface area contributed by atoms with E-state index in [1.807, 2.05) is 0 Å². The summed E-state index contributed by atoms with van der Waals surface area (Å²) in [5, 5.41) is 3.39. The maximum Gasteiger partial charge on any atom is 0.122 e. The van der Waals surface area contributed by atoms with Gasteiger partial charge in [0, 0.05) is 18.3 Å². The van der Waals surface area contributed by atoms with Crippen molar-refractivity contribution < 1.29 is 4.74 Å². The van der Waals surface area contributed by atoms with Gasteiger partial charge < -0.3 is 10.1 Å². The van der Waals surface area contributed by atoms with Crippen LogP contribution in [-0.2, 0) is 12.8 Å². The Kier molecular flexibility index (Phi) is 4.08. The average Bonchev–Trinajstić information content (AvgIpc) is 2.76. The van der Waals surface area contributed by atoms with E-state index in [1.54, 1.807) is 0 Å². The zero-order valence-electron chi connectivity index (χ0n) is 9.63. The van der Waals surface area contributed by atoms with Crippen molar-refractivity contribution in [1.29, 1.82) is 0 Å². The summed E-state index contributed by atoms with van der Waals surface area (Å²) in [4.78, 5) is 0. The molecule has 1 aromatic rings. The fraction of sp³-hybridized carbons (Fsp3) is 0.538. The molecule has 0 aliphatic carbocycles. The van der Waals surface area contributed by atoms with Crippen LogP contribution < -0.4 is 10.1 Å². The summed E-state index contributed by atoms with van der Waals surface area (Å²) < 4.78 is 5.48. The molecule has 0 amide bonds. The molecule has 88 valence electrons. The molecule has 0 aromatic heterocycles. The molecule has 1 aliphatic heterocycles. The summed E-state index contributed by atoms with van der Waals surface area (Å²) in [5.41, 5.74) is 2.72. The smallest absolute Gasteiger partial charge is 0.122 e. The minimum absolute atomic E-state index is 0.388. The Hall–Kier alpha value is -0.730. The minimum atomic E-state index is 0.388. The number of alkyl halides is 1. The molecular formula is C13H18ClNO. The second-order valence-corrected chi connectivity index (χ2v) is 4.61. The maximum absolute atomic E-state index is 5.73. The first-order chi connectivity index (χ1) is 7.79. The number of halogens is 1. The first-order valence-electron chi connectivity index (χ1n) is 5.83. The highest BCUT2D eigenvalue weighted by Gasteiger charge is 2.11. The van der Waals surface area contributed by atoms with Gasteiger partial charge in [-0.3, -0.25) is 0 Å². The van der Waals surface area contributed by atoms with Gasteiger partial charge in [0.2, 0.25) is 0 Å². The standard InChI is InChI=1S/C13H18ClNO/c1-10(9-14)15-6-4-11-2-3-13-12(8-11)5-7-16-13/h2-3,8,10,15H,4-7,9H2,1H3. The number of hydrogen-bond donors (Lipinski definition) is 1. The van der Waals surface area contributed by atoms with Crippen molar-refractivity contribution in [3.8, 4) is 5.75 Å². The summed E-state index contributed by atoms with van der Waals surface area (Å²) in [5.74, 6) is 1.73. The van der Waals surface area contributed by atoms with Crippen LogP contribution in [0.5, 0.6) is 5.75 Å². The lowest BCUT2D eigenvalue weighted by Crippen LogP contribution is -2.29. The van der Waals surface area contributed by atoms with Crippen LogP contribution in [0.15, 0.2) is 18.2 Å². The molecule has 3 heteroatoms. The highest BCUT2D eigenvalue weighted by molar-refractivity contribution is 6.18. The Balaban J connectivity index is 1.86. The summed E-state index contributed by atoms with van der Waals surface area (Å²) in [7, 11) is 0. The van der Waals surface area contributed by atoms with E-state index in [-0.39, 0.29) is 0 Å². The van der Waals surface area contributed by atoms with Crippen LogP contribution in [0.4, 0.5) is 0 Å². The van der Waals surface area contributed by atoms with Gasteiger partial charge in [-0.15, -0.1) is 11.6 Å². The minimum Gasteiger partial charge on any atom is -0.493 e. The molecule has 0 spiro atoms. The lowest BCUT2D eigenvalue weighted by Gasteiger charge is -2.10. The van der Waals surface area contributed by atoms with Crippen LogP contribution in [-0.4, -0.2) is 25.1 Å². The molecule has 1 aromatic carbocycles. The van der Waals surface area contributed by atoms with Crippen LogP contribution in [0.25, 0.3) is 0 Å². The van der Waals surface area contributed by atoms with E-state index < -0.39 is 0 Å². The van der Waals surface area contributed by atoms with Crippen molar-refractivity contribution in [2.24, 2.45) is 0 Å². The molecule has 0 fully saturated rings. The molecular weight excluding hydrogens is 222 g/mol. The van der Waals surface area contributed by atoms with Gasteiger partial charge in [-0.25, -0.2) is 0 Å². The normalized spacial score (nSPS) is 15.6. The quantitative estimate of drug-likeness (QED) is 0.797. The van der Waals surface area contributed by atoms with E-state index in [9.17, 15) is 0 Å². The van der Waals surface area contributed by atoms with Crippen molar-refractivity contribution in [3.05, 3.63) is 29.3 Å². The second kappa shape index (κ2) is 5.55. The van der Waals surface area contributed by atoms with Crippen molar-refractivity contribution in [2.45, 2.75) is 25.8 Å². The van der Waals surface area contributed by atoms with Crippen molar-refractivity contribution >= 4 is 11.6 Å². The summed E-state index contributed by atoms with van der Waals surface area (Å²) in [6.07, 6.45) is 2.10. The predicted octanol–water partition coefficient (Wildman–Crippen LogP) is 2.38. The third-order valence-corrected chi connectivity index (χ3v) is 3.35. The van der Waals surface area contributed by atoms with E-state index in [0.29, 0.717) is 11.9 Å². The molecule has 1 aliphatic rings. The van der Waals surface area contributed by atoms with E-state index in [4.69, 9.17) is 16.3 Å². The Morgan fingerprint density at radius 3 is 3.19 bits per heavy atom. The highest BCUT2D eigenvalue weighted by Crippen LogP contribution is 2.25. The third kappa shape index (κ3) is 2.89. The predicted molar refractivity (Wildman–Crippen MR) is 67.5 cm³/mol. The monoisotopic (exact) mass is 239 g/mol. The van der Waals surface area contributed by atoms with E-state index in [1.165, 1.54) is 11.1 Å². The number of hydrogen-bond acceptors (Lipinski definition) is 2. The molecule has 16 heavy (non-hydrogen) atoms. The molecule has 1 N–H and O–H groups in total. The highest BCUT2D eigenvalue weighted by atomic mass is 35.5. The number of benzene rings is 1. The molecule has 1 heterocycles. The van der Waals surface area contributed by atoms with Gasteiger partial charge in [0.1, 0.15) is 5.75 Å². The zero-order chi connectivity index (χ0) is 11.4. The van der Waals surface area contributed by atoms with Gasteiger partial charge in [-0.1, -0.05) is 12.1 Å². The van der Waals surface area contributed by atoms with Crippen LogP contribution in [0.3, 0.4) is 0 Å². The average molecular weight is 240 g/mol. The SMILES string of the molecule is CC(CCl)NCCc1ccc2c(c1)CCO2. The van der Waals surface area contributed by atoms with Gasteiger partial charge in [-0.05, 0) is 37.1 Å². The van der Waals surface area contributed by atoms with Gasteiger partial charge >= 0.3 is 0 Å². The van der Waals surface area contributed by atoms with Crippen LogP contribution in [0, 0.1) is 0 Å². The lowest BCUT2D eigenvalue weighted by atomic mass is 10.1. The van der Waals surface area contributed by atoms with Gasteiger partial charge in [0.05, 0.1) is 6.61 Å². The number of fused-ring (bicyclic) bond motifs is 1. The van der Waals surface area contributed by atoms with Gasteiger partial charge in [-0.2, -0.15) is 0 Å². The first kappa shape index (κ1) is 11.7. The van der Waals surface area contributed by atoms with E-state index in [0.717, 1.165) is 31.7 Å². The fourth-order valence-electron chi connectivity index (χ4n) is 1.91. The second-order valence-electron chi connectivity index (χ2n) is 4.30. The molecule has 1 unspecified atom stereocenters. The lowest BCUT2D eigenvalue weighted by molar-refractivity contribution is 0.357. The molecule has 0 saturated heterocycles. The Bertz CT molecular complexity index is 354. The summed E-state index contributed by atoms with van der Waals surface area (Å²) in [6, 6.07) is 6.88. The molecule has 1 atom stereocenters. The molecule has 2 rings (SSSR count). The molecule has 0 bridgehead atoms. The largest absolute Gasteiger partial charge is 0.493 e. The van der Waals surface area contributed by atoms with Crippen molar-refractivity contribution in [2.75, 3.05) is 19.0 Å². The van der Waals surface area contributed by atoms with E-state index in [2.05, 4.69) is 30.4 Å².